The second-order valence-electron chi connectivity index (χ2n) is 5.85. The van der Waals surface area contributed by atoms with E-state index < -0.39 is 0 Å². The minimum absolute atomic E-state index is 0.859. The van der Waals surface area contributed by atoms with Gasteiger partial charge < -0.3 is 9.64 Å². The summed E-state index contributed by atoms with van der Waals surface area (Å²) in [6.45, 7) is 4.61. The third kappa shape index (κ3) is 3.85. The molecule has 0 unspecified atom stereocenters. The zero-order valence-electron chi connectivity index (χ0n) is 13.2. The maximum Gasteiger partial charge on any atom is 0.118 e. The van der Waals surface area contributed by atoms with Crippen molar-refractivity contribution in [3.05, 3.63) is 30.5 Å². The molecule has 0 aliphatic carbocycles. The monoisotopic (exact) mass is 300 g/mol. The van der Waals surface area contributed by atoms with Crippen LogP contribution in [0.3, 0.4) is 0 Å². The van der Waals surface area contributed by atoms with Crippen LogP contribution in [0.15, 0.2) is 30.5 Å². The molecule has 2 heterocycles. The molecule has 2 aromatic rings. The Balaban J connectivity index is 1.51. The van der Waals surface area contributed by atoms with E-state index in [-0.39, 0.29) is 0 Å². The molecule has 0 N–H and O–H groups in total. The first-order chi connectivity index (χ1) is 10.8. The number of benzene rings is 1. The van der Waals surface area contributed by atoms with Crippen molar-refractivity contribution < 1.29 is 4.74 Å². The first-order valence-electron chi connectivity index (χ1n) is 8.12. The summed E-state index contributed by atoms with van der Waals surface area (Å²) in [5.41, 5.74) is 1.99. The number of ether oxygens (including phenoxy) is 1. The van der Waals surface area contributed by atoms with Gasteiger partial charge in [-0.15, -0.1) is 5.10 Å². The molecule has 3 rings (SSSR count). The molecule has 0 spiro atoms. The molecular formula is C17H24N4O. The standard InChI is InChI=1S/C17H24N4O/c1-22-16-8-6-15(7-9-16)17-14-21(19-18-17)13-5-12-20-10-3-2-4-11-20/h6-9,14H,2-5,10-13H2,1H3. The van der Waals surface area contributed by atoms with E-state index in [0.29, 0.717) is 0 Å². The highest BCUT2D eigenvalue weighted by atomic mass is 16.5. The van der Waals surface area contributed by atoms with E-state index in [4.69, 9.17) is 4.74 Å². The normalized spacial score (nSPS) is 15.9. The van der Waals surface area contributed by atoms with Crippen molar-refractivity contribution in [2.45, 2.75) is 32.2 Å². The predicted octanol–water partition coefficient (Wildman–Crippen LogP) is 2.83. The number of likely N-dealkylation sites (tertiary alicyclic amines) is 1. The summed E-state index contributed by atoms with van der Waals surface area (Å²) in [7, 11) is 1.67. The maximum absolute atomic E-state index is 5.18. The fourth-order valence-electron chi connectivity index (χ4n) is 2.94. The van der Waals surface area contributed by atoms with E-state index in [1.165, 1.54) is 32.4 Å². The van der Waals surface area contributed by atoms with E-state index in [1.807, 2.05) is 35.1 Å². The van der Waals surface area contributed by atoms with Crippen LogP contribution in [0.2, 0.25) is 0 Å². The van der Waals surface area contributed by atoms with Crippen molar-refractivity contribution in [1.29, 1.82) is 0 Å². The van der Waals surface area contributed by atoms with Gasteiger partial charge in [0.05, 0.1) is 13.3 Å². The number of hydrogen-bond donors (Lipinski definition) is 0. The lowest BCUT2D eigenvalue weighted by Gasteiger charge is -2.26. The number of nitrogens with zero attached hydrogens (tertiary/aromatic N) is 4. The van der Waals surface area contributed by atoms with Gasteiger partial charge in [-0.1, -0.05) is 11.6 Å². The summed E-state index contributed by atoms with van der Waals surface area (Å²) in [5.74, 6) is 0.859. The Morgan fingerprint density at radius 1 is 1.05 bits per heavy atom. The second-order valence-corrected chi connectivity index (χ2v) is 5.85. The van der Waals surface area contributed by atoms with E-state index in [1.54, 1.807) is 7.11 Å². The van der Waals surface area contributed by atoms with Crippen LogP contribution >= 0.6 is 0 Å². The summed E-state index contributed by atoms with van der Waals surface area (Å²) in [6.07, 6.45) is 7.25. The summed E-state index contributed by atoms with van der Waals surface area (Å²) < 4.78 is 7.12. The number of aryl methyl sites for hydroxylation is 1. The number of hydrogen-bond acceptors (Lipinski definition) is 4. The molecule has 1 aromatic carbocycles. The lowest BCUT2D eigenvalue weighted by atomic mass is 10.1. The van der Waals surface area contributed by atoms with Gasteiger partial charge in [0, 0.05) is 12.1 Å². The molecule has 1 aromatic heterocycles. The van der Waals surface area contributed by atoms with E-state index in [2.05, 4.69) is 15.2 Å². The van der Waals surface area contributed by atoms with Crippen molar-refractivity contribution >= 4 is 0 Å². The van der Waals surface area contributed by atoms with Crippen LogP contribution in [0.5, 0.6) is 5.75 Å². The molecular weight excluding hydrogens is 276 g/mol. The van der Waals surface area contributed by atoms with Gasteiger partial charge in [-0.25, -0.2) is 0 Å². The minimum Gasteiger partial charge on any atom is -0.497 e. The number of aromatic nitrogens is 3. The Morgan fingerprint density at radius 2 is 1.82 bits per heavy atom. The molecule has 118 valence electrons. The summed E-state index contributed by atoms with van der Waals surface area (Å²) >= 11 is 0. The summed E-state index contributed by atoms with van der Waals surface area (Å²) in [6, 6.07) is 7.93. The van der Waals surface area contributed by atoms with Crippen molar-refractivity contribution in [2.24, 2.45) is 0 Å². The number of rotatable bonds is 6. The number of methoxy groups -OCH3 is 1. The largest absolute Gasteiger partial charge is 0.497 e. The Hall–Kier alpha value is -1.88. The Morgan fingerprint density at radius 3 is 2.55 bits per heavy atom. The Labute approximate surface area is 131 Å². The molecule has 1 aliphatic rings. The smallest absolute Gasteiger partial charge is 0.118 e. The fraction of sp³-hybridized carbons (Fsp3) is 0.529. The first-order valence-corrected chi connectivity index (χ1v) is 8.12. The van der Waals surface area contributed by atoms with E-state index in [9.17, 15) is 0 Å². The van der Waals surface area contributed by atoms with Gasteiger partial charge in [-0.05, 0) is 63.2 Å². The predicted molar refractivity (Wildman–Crippen MR) is 86.9 cm³/mol. The van der Waals surface area contributed by atoms with Gasteiger partial charge in [-0.2, -0.15) is 0 Å². The third-order valence-corrected chi connectivity index (χ3v) is 4.23. The quantitative estimate of drug-likeness (QED) is 0.823. The maximum atomic E-state index is 5.18. The van der Waals surface area contributed by atoms with Crippen molar-refractivity contribution in [3.8, 4) is 17.0 Å². The van der Waals surface area contributed by atoms with Crippen LogP contribution in [0.25, 0.3) is 11.3 Å². The van der Waals surface area contributed by atoms with Gasteiger partial charge >= 0.3 is 0 Å². The van der Waals surface area contributed by atoms with Crippen molar-refractivity contribution in [1.82, 2.24) is 19.9 Å². The van der Waals surface area contributed by atoms with Crippen LogP contribution in [-0.4, -0.2) is 46.6 Å². The highest BCUT2D eigenvalue weighted by Crippen LogP contribution is 2.20. The molecule has 1 saturated heterocycles. The highest BCUT2D eigenvalue weighted by molar-refractivity contribution is 5.58. The topological polar surface area (TPSA) is 43.2 Å². The van der Waals surface area contributed by atoms with Gasteiger partial charge in [0.2, 0.25) is 0 Å². The third-order valence-electron chi connectivity index (χ3n) is 4.23. The van der Waals surface area contributed by atoms with Crippen LogP contribution in [0.4, 0.5) is 0 Å². The van der Waals surface area contributed by atoms with E-state index >= 15 is 0 Å². The van der Waals surface area contributed by atoms with Crippen LogP contribution in [0, 0.1) is 0 Å². The highest BCUT2D eigenvalue weighted by Gasteiger charge is 2.09. The average molecular weight is 300 g/mol. The van der Waals surface area contributed by atoms with Crippen LogP contribution in [-0.2, 0) is 6.54 Å². The summed E-state index contributed by atoms with van der Waals surface area (Å²) in [5, 5.41) is 8.50. The fourth-order valence-corrected chi connectivity index (χ4v) is 2.94. The Kier molecular flexibility index (Phi) is 5.06. The molecule has 1 aliphatic heterocycles. The average Bonchev–Trinajstić information content (AvgIpc) is 3.05. The van der Waals surface area contributed by atoms with Crippen molar-refractivity contribution in [2.75, 3.05) is 26.7 Å². The molecule has 0 radical (unpaired) electrons. The molecule has 1 fully saturated rings. The molecule has 0 bridgehead atoms. The Bertz CT molecular complexity index is 573. The van der Waals surface area contributed by atoms with Crippen LogP contribution in [0.1, 0.15) is 25.7 Å². The lowest BCUT2D eigenvalue weighted by molar-refractivity contribution is 0.221. The van der Waals surface area contributed by atoms with Gasteiger partial charge in [-0.3, -0.25) is 4.68 Å². The van der Waals surface area contributed by atoms with E-state index in [0.717, 1.165) is 36.5 Å². The lowest BCUT2D eigenvalue weighted by Crippen LogP contribution is -2.31. The van der Waals surface area contributed by atoms with Crippen molar-refractivity contribution in [3.63, 3.8) is 0 Å². The molecule has 0 saturated carbocycles. The van der Waals surface area contributed by atoms with Gasteiger partial charge in [0.15, 0.2) is 0 Å². The van der Waals surface area contributed by atoms with Crippen LogP contribution < -0.4 is 4.74 Å². The second kappa shape index (κ2) is 7.40. The summed E-state index contributed by atoms with van der Waals surface area (Å²) in [4.78, 5) is 2.56. The molecule has 5 heteroatoms. The molecule has 0 amide bonds. The van der Waals surface area contributed by atoms with Gasteiger partial charge in [0.25, 0.3) is 0 Å². The molecule has 22 heavy (non-hydrogen) atoms. The SMILES string of the molecule is COc1ccc(-c2cn(CCCN3CCCCC3)nn2)cc1. The zero-order valence-corrected chi connectivity index (χ0v) is 13.2. The van der Waals surface area contributed by atoms with Gasteiger partial charge in [0.1, 0.15) is 11.4 Å². The zero-order chi connectivity index (χ0) is 15.2. The first kappa shape index (κ1) is 15.0. The molecule has 0 atom stereocenters. The number of piperidine rings is 1. The minimum atomic E-state index is 0.859. The molecule has 5 nitrogen and oxygen atoms in total.